The van der Waals surface area contributed by atoms with E-state index < -0.39 is 0 Å². The molecule has 1 aliphatic carbocycles. The predicted molar refractivity (Wildman–Crippen MR) is 121 cm³/mol. The van der Waals surface area contributed by atoms with Gasteiger partial charge >= 0.3 is 0 Å². The van der Waals surface area contributed by atoms with Crippen molar-refractivity contribution in [1.29, 1.82) is 0 Å². The Hall–Kier alpha value is -1.97. The molecular formula is C25H31ClN2O. The zero-order chi connectivity index (χ0) is 20.4. The van der Waals surface area contributed by atoms with Crippen molar-refractivity contribution < 1.29 is 4.74 Å². The minimum atomic E-state index is 0.0172. The third-order valence-corrected chi connectivity index (χ3v) is 6.99. The molecule has 1 saturated carbocycles. The van der Waals surface area contributed by atoms with Gasteiger partial charge in [0.25, 0.3) is 0 Å². The number of nitrogens with two attached hydrogens (primary N) is 1. The van der Waals surface area contributed by atoms with Crippen molar-refractivity contribution in [2.24, 2.45) is 11.7 Å². The molecule has 0 aromatic heterocycles. The molecule has 0 radical (unpaired) electrons. The van der Waals surface area contributed by atoms with E-state index in [1.807, 2.05) is 12.3 Å². The number of nitrogens with one attached hydrogen (secondary N) is 1. The van der Waals surface area contributed by atoms with Crippen LogP contribution in [0, 0.1) is 5.92 Å². The molecule has 1 heterocycles. The van der Waals surface area contributed by atoms with E-state index in [4.69, 9.17) is 22.1 Å². The maximum Gasteiger partial charge on any atom is 0.138 e. The van der Waals surface area contributed by atoms with Crippen molar-refractivity contribution in [1.82, 2.24) is 5.32 Å². The van der Waals surface area contributed by atoms with Crippen LogP contribution in [-0.4, -0.2) is 12.1 Å². The van der Waals surface area contributed by atoms with Crippen molar-refractivity contribution in [3.8, 4) is 5.75 Å². The number of fused-ring (bicyclic) bond motifs is 1. The zero-order valence-corrected chi connectivity index (χ0v) is 18.1. The Balaban J connectivity index is 1.52. The van der Waals surface area contributed by atoms with Crippen LogP contribution in [0.1, 0.15) is 56.2 Å². The smallest absolute Gasteiger partial charge is 0.138 e. The average molecular weight is 411 g/mol. The monoisotopic (exact) mass is 410 g/mol. The predicted octanol–water partition coefficient (Wildman–Crippen LogP) is 5.66. The Morgan fingerprint density at radius 2 is 1.86 bits per heavy atom. The van der Waals surface area contributed by atoms with Crippen molar-refractivity contribution in [3.05, 3.63) is 70.4 Å². The quantitative estimate of drug-likeness (QED) is 0.668. The summed E-state index contributed by atoms with van der Waals surface area (Å²) in [6.07, 6.45) is 8.27. The van der Waals surface area contributed by atoms with Gasteiger partial charge in [0, 0.05) is 18.0 Å². The third-order valence-electron chi connectivity index (χ3n) is 6.69. The molecule has 1 atom stereocenters. The first-order valence-corrected chi connectivity index (χ1v) is 11.1. The van der Waals surface area contributed by atoms with Crippen LogP contribution < -0.4 is 15.8 Å². The van der Waals surface area contributed by atoms with Crippen LogP contribution in [0.25, 0.3) is 6.08 Å². The summed E-state index contributed by atoms with van der Waals surface area (Å²) in [7, 11) is 0. The molecule has 3 N–H and O–H groups in total. The Kier molecular flexibility index (Phi) is 5.89. The van der Waals surface area contributed by atoms with Gasteiger partial charge in [-0.05, 0) is 72.7 Å². The lowest BCUT2D eigenvalue weighted by Crippen LogP contribution is -2.51. The van der Waals surface area contributed by atoms with Gasteiger partial charge in [-0.15, -0.1) is 0 Å². The fourth-order valence-electron chi connectivity index (χ4n) is 4.95. The lowest BCUT2D eigenvalue weighted by atomic mass is 9.62. The normalized spacial score (nSPS) is 24.7. The van der Waals surface area contributed by atoms with Gasteiger partial charge in [0.05, 0.1) is 11.1 Å². The number of ether oxygens (including phenoxy) is 1. The molecule has 4 heteroatoms. The SMILES string of the molecule is CC(C)[C@@H](N)[C@]1(c2ccccc2)CC[C@H](Oc2cc3c(cc2Cl)CNC=C3)CC1. The summed E-state index contributed by atoms with van der Waals surface area (Å²) >= 11 is 6.53. The van der Waals surface area contributed by atoms with Crippen LogP contribution in [0.3, 0.4) is 0 Å². The lowest BCUT2D eigenvalue weighted by molar-refractivity contribution is 0.0957. The van der Waals surface area contributed by atoms with Crippen LogP contribution in [0.5, 0.6) is 5.75 Å². The lowest BCUT2D eigenvalue weighted by Gasteiger charge is -2.46. The highest BCUT2D eigenvalue weighted by molar-refractivity contribution is 6.32. The molecule has 0 bridgehead atoms. The summed E-state index contributed by atoms with van der Waals surface area (Å²) in [4.78, 5) is 0. The van der Waals surface area contributed by atoms with E-state index in [0.717, 1.165) is 38.0 Å². The van der Waals surface area contributed by atoms with Gasteiger partial charge < -0.3 is 15.8 Å². The van der Waals surface area contributed by atoms with Crippen LogP contribution in [0.2, 0.25) is 5.02 Å². The molecular weight excluding hydrogens is 380 g/mol. The molecule has 0 amide bonds. The first kappa shape index (κ1) is 20.3. The molecule has 0 unspecified atom stereocenters. The van der Waals surface area contributed by atoms with E-state index in [-0.39, 0.29) is 17.6 Å². The number of rotatable bonds is 5. The molecule has 0 saturated heterocycles. The Morgan fingerprint density at radius 1 is 1.14 bits per heavy atom. The first-order chi connectivity index (χ1) is 14.0. The van der Waals surface area contributed by atoms with Gasteiger partial charge in [-0.1, -0.05) is 55.8 Å². The molecule has 3 nitrogen and oxygen atoms in total. The Bertz CT molecular complexity index is 870. The summed E-state index contributed by atoms with van der Waals surface area (Å²) in [5, 5.41) is 3.92. The maximum absolute atomic E-state index is 6.78. The fourth-order valence-corrected chi connectivity index (χ4v) is 5.18. The minimum Gasteiger partial charge on any atom is -0.489 e. The molecule has 0 spiro atoms. The number of hydrogen-bond acceptors (Lipinski definition) is 3. The first-order valence-electron chi connectivity index (χ1n) is 10.7. The maximum atomic E-state index is 6.78. The molecule has 29 heavy (non-hydrogen) atoms. The van der Waals surface area contributed by atoms with E-state index in [1.54, 1.807) is 0 Å². The van der Waals surface area contributed by atoms with Crippen LogP contribution >= 0.6 is 11.6 Å². The Morgan fingerprint density at radius 3 is 2.55 bits per heavy atom. The van der Waals surface area contributed by atoms with E-state index in [0.29, 0.717) is 10.9 Å². The highest BCUT2D eigenvalue weighted by Crippen LogP contribution is 2.45. The largest absolute Gasteiger partial charge is 0.489 e. The number of benzene rings is 2. The zero-order valence-electron chi connectivity index (χ0n) is 17.3. The highest BCUT2D eigenvalue weighted by Gasteiger charge is 2.43. The summed E-state index contributed by atoms with van der Waals surface area (Å²) in [5.41, 5.74) is 10.6. The van der Waals surface area contributed by atoms with Crippen molar-refractivity contribution in [3.63, 3.8) is 0 Å². The molecule has 4 rings (SSSR count). The van der Waals surface area contributed by atoms with Crippen molar-refractivity contribution >= 4 is 17.7 Å². The topological polar surface area (TPSA) is 47.3 Å². The average Bonchev–Trinajstić information content (AvgIpc) is 2.75. The standard InChI is InChI=1S/C25H31ClN2O/c1-17(2)24(27)25(20-6-4-3-5-7-20)11-8-21(9-12-25)29-23-15-18-10-13-28-16-19(18)14-22(23)26/h3-7,10,13-15,17,21,24,28H,8-9,11-12,16,27H2,1-2H3/t21-,24-,25+/m1/s1. The van der Waals surface area contributed by atoms with Gasteiger partial charge in [0.2, 0.25) is 0 Å². The van der Waals surface area contributed by atoms with Gasteiger partial charge in [0.1, 0.15) is 5.75 Å². The Labute approximate surface area is 179 Å². The van der Waals surface area contributed by atoms with Gasteiger partial charge in [0.15, 0.2) is 0 Å². The summed E-state index contributed by atoms with van der Waals surface area (Å²) in [6.45, 7) is 5.27. The second-order valence-corrected chi connectivity index (χ2v) is 9.21. The van der Waals surface area contributed by atoms with Crippen LogP contribution in [0.4, 0.5) is 0 Å². The molecule has 2 aromatic carbocycles. The second-order valence-electron chi connectivity index (χ2n) is 8.80. The van der Waals surface area contributed by atoms with Gasteiger partial charge in [-0.3, -0.25) is 0 Å². The van der Waals surface area contributed by atoms with Crippen LogP contribution in [0.15, 0.2) is 48.7 Å². The van der Waals surface area contributed by atoms with Crippen LogP contribution in [-0.2, 0) is 12.0 Å². The fraction of sp³-hybridized carbons (Fsp3) is 0.440. The molecule has 2 aromatic rings. The molecule has 2 aliphatic rings. The molecule has 154 valence electrons. The van der Waals surface area contributed by atoms with Crippen molar-refractivity contribution in [2.45, 2.75) is 63.6 Å². The van der Waals surface area contributed by atoms with Crippen molar-refractivity contribution in [2.75, 3.05) is 0 Å². The minimum absolute atomic E-state index is 0.0172. The molecule has 1 aliphatic heterocycles. The summed E-state index contributed by atoms with van der Waals surface area (Å²) in [5.74, 6) is 1.23. The summed E-state index contributed by atoms with van der Waals surface area (Å²) < 4.78 is 6.39. The van der Waals surface area contributed by atoms with E-state index in [9.17, 15) is 0 Å². The second kappa shape index (κ2) is 8.41. The number of halogens is 1. The summed E-state index contributed by atoms with van der Waals surface area (Å²) in [6, 6.07) is 15.0. The van der Waals surface area contributed by atoms with E-state index >= 15 is 0 Å². The van der Waals surface area contributed by atoms with E-state index in [1.165, 1.54) is 16.7 Å². The number of hydrogen-bond donors (Lipinski definition) is 2. The van der Waals surface area contributed by atoms with E-state index in [2.05, 4.69) is 61.6 Å². The molecule has 1 fully saturated rings. The van der Waals surface area contributed by atoms with Gasteiger partial charge in [-0.25, -0.2) is 0 Å². The highest BCUT2D eigenvalue weighted by atomic mass is 35.5. The van der Waals surface area contributed by atoms with Gasteiger partial charge in [-0.2, -0.15) is 0 Å². The third kappa shape index (κ3) is 4.04.